The van der Waals surface area contributed by atoms with Gasteiger partial charge in [0.1, 0.15) is 6.61 Å². The van der Waals surface area contributed by atoms with E-state index in [4.69, 9.17) is 16.3 Å². The van der Waals surface area contributed by atoms with Crippen LogP contribution in [-0.2, 0) is 6.54 Å². The maximum absolute atomic E-state index is 6.04. The number of aromatic nitrogens is 1. The number of likely N-dealkylation sites (N-methyl/N-ethyl adjacent to an activating group) is 1. The smallest absolute Gasteiger partial charge is 0.213 e. The Morgan fingerprint density at radius 1 is 1.50 bits per heavy atom. The Labute approximate surface area is 113 Å². The van der Waals surface area contributed by atoms with Crippen molar-refractivity contribution in [1.82, 2.24) is 15.2 Å². The Kier molecular flexibility index (Phi) is 4.80. The lowest BCUT2D eigenvalue weighted by atomic mass is 10.3. The predicted octanol–water partition coefficient (Wildman–Crippen LogP) is 1.93. The van der Waals surface area contributed by atoms with E-state index < -0.39 is 0 Å². The van der Waals surface area contributed by atoms with E-state index in [-0.39, 0.29) is 0 Å². The lowest BCUT2D eigenvalue weighted by Gasteiger charge is -2.15. The first-order chi connectivity index (χ1) is 8.70. The van der Waals surface area contributed by atoms with E-state index in [0.29, 0.717) is 24.1 Å². The van der Waals surface area contributed by atoms with E-state index >= 15 is 0 Å². The van der Waals surface area contributed by atoms with Gasteiger partial charge in [-0.25, -0.2) is 4.98 Å². The number of nitrogens with one attached hydrogen (secondary N) is 1. The van der Waals surface area contributed by atoms with Crippen LogP contribution in [0, 0.1) is 0 Å². The molecule has 0 saturated heterocycles. The fourth-order valence-electron chi connectivity index (χ4n) is 1.83. The van der Waals surface area contributed by atoms with Crippen LogP contribution in [0.1, 0.15) is 18.5 Å². The van der Waals surface area contributed by atoms with Crippen LogP contribution in [-0.4, -0.2) is 43.2 Å². The Balaban J connectivity index is 1.82. The highest BCUT2D eigenvalue weighted by atomic mass is 35.5. The van der Waals surface area contributed by atoms with Crippen LogP contribution < -0.4 is 10.1 Å². The minimum atomic E-state index is 0.647. The van der Waals surface area contributed by atoms with Crippen molar-refractivity contribution in [2.75, 3.05) is 27.2 Å². The van der Waals surface area contributed by atoms with Crippen molar-refractivity contribution in [1.29, 1.82) is 0 Å². The third-order valence-corrected chi connectivity index (χ3v) is 3.45. The molecular weight excluding hydrogens is 250 g/mol. The van der Waals surface area contributed by atoms with Gasteiger partial charge in [0.2, 0.25) is 5.88 Å². The molecule has 1 N–H and O–H groups in total. The Morgan fingerprint density at radius 2 is 2.28 bits per heavy atom. The molecule has 1 saturated carbocycles. The standard InChI is InChI=1S/C13H20ClN3O/c1-15-9-12-11(14)5-6-13(16-12)18-8-7-17(2)10-3-4-10/h5-6,10,15H,3-4,7-9H2,1-2H3. The summed E-state index contributed by atoms with van der Waals surface area (Å²) in [4.78, 5) is 6.72. The van der Waals surface area contributed by atoms with Crippen molar-refractivity contribution in [3.8, 4) is 5.88 Å². The normalized spacial score (nSPS) is 15.1. The van der Waals surface area contributed by atoms with E-state index in [1.165, 1.54) is 12.8 Å². The first-order valence-electron chi connectivity index (χ1n) is 6.33. The zero-order valence-corrected chi connectivity index (χ0v) is 11.7. The highest BCUT2D eigenvalue weighted by molar-refractivity contribution is 6.31. The molecule has 1 aromatic heterocycles. The highest BCUT2D eigenvalue weighted by Crippen LogP contribution is 2.25. The summed E-state index contributed by atoms with van der Waals surface area (Å²) in [5.41, 5.74) is 0.826. The number of ether oxygens (including phenoxy) is 1. The Morgan fingerprint density at radius 3 is 2.94 bits per heavy atom. The van der Waals surface area contributed by atoms with Gasteiger partial charge in [0.15, 0.2) is 0 Å². The molecule has 0 radical (unpaired) electrons. The lowest BCUT2D eigenvalue weighted by molar-refractivity contribution is 0.226. The minimum absolute atomic E-state index is 0.647. The van der Waals surface area contributed by atoms with Crippen LogP contribution in [0.15, 0.2) is 12.1 Å². The highest BCUT2D eigenvalue weighted by Gasteiger charge is 2.25. The molecule has 100 valence electrons. The molecule has 0 bridgehead atoms. The van der Waals surface area contributed by atoms with E-state index in [2.05, 4.69) is 22.2 Å². The van der Waals surface area contributed by atoms with Crippen LogP contribution in [0.4, 0.5) is 0 Å². The number of hydrogen-bond donors (Lipinski definition) is 1. The maximum atomic E-state index is 6.04. The molecule has 4 nitrogen and oxygen atoms in total. The van der Waals surface area contributed by atoms with E-state index in [1.807, 2.05) is 19.2 Å². The second kappa shape index (κ2) is 6.36. The van der Waals surface area contributed by atoms with E-state index in [9.17, 15) is 0 Å². The first-order valence-corrected chi connectivity index (χ1v) is 6.71. The van der Waals surface area contributed by atoms with Crippen molar-refractivity contribution in [3.63, 3.8) is 0 Å². The molecule has 0 atom stereocenters. The van der Waals surface area contributed by atoms with Gasteiger partial charge >= 0.3 is 0 Å². The van der Waals surface area contributed by atoms with Gasteiger partial charge in [-0.05, 0) is 33.0 Å². The Hall–Kier alpha value is -0.840. The monoisotopic (exact) mass is 269 g/mol. The predicted molar refractivity (Wildman–Crippen MR) is 73.2 cm³/mol. The summed E-state index contributed by atoms with van der Waals surface area (Å²) in [6.07, 6.45) is 2.64. The van der Waals surface area contributed by atoms with Crippen molar-refractivity contribution in [2.24, 2.45) is 0 Å². The molecule has 1 aliphatic carbocycles. The fraction of sp³-hybridized carbons (Fsp3) is 0.615. The third-order valence-electron chi connectivity index (χ3n) is 3.10. The quantitative estimate of drug-likeness (QED) is 0.821. The first kappa shape index (κ1) is 13.6. The summed E-state index contributed by atoms with van der Waals surface area (Å²) in [6, 6.07) is 4.42. The topological polar surface area (TPSA) is 37.4 Å². The molecule has 2 rings (SSSR count). The number of pyridine rings is 1. The SMILES string of the molecule is CNCc1nc(OCCN(C)C2CC2)ccc1Cl. The summed E-state index contributed by atoms with van der Waals surface area (Å²) < 4.78 is 5.66. The largest absolute Gasteiger partial charge is 0.476 e. The van der Waals surface area contributed by atoms with Gasteiger partial charge in [-0.2, -0.15) is 0 Å². The van der Waals surface area contributed by atoms with E-state index in [1.54, 1.807) is 0 Å². The second-order valence-corrected chi connectivity index (χ2v) is 5.08. The molecular formula is C13H20ClN3O. The minimum Gasteiger partial charge on any atom is -0.476 e. The van der Waals surface area contributed by atoms with Gasteiger partial charge in [-0.3, -0.25) is 0 Å². The number of halogens is 1. The van der Waals surface area contributed by atoms with Gasteiger partial charge in [-0.1, -0.05) is 11.6 Å². The molecule has 1 aromatic rings. The Bertz CT molecular complexity index is 396. The van der Waals surface area contributed by atoms with E-state index in [0.717, 1.165) is 18.3 Å². The number of hydrogen-bond acceptors (Lipinski definition) is 4. The van der Waals surface area contributed by atoms with Crippen molar-refractivity contribution < 1.29 is 4.74 Å². The molecule has 1 heterocycles. The van der Waals surface area contributed by atoms with Gasteiger partial charge in [0.05, 0.1) is 10.7 Å². The van der Waals surface area contributed by atoms with Crippen molar-refractivity contribution in [2.45, 2.75) is 25.4 Å². The van der Waals surface area contributed by atoms with Crippen LogP contribution in [0.5, 0.6) is 5.88 Å². The van der Waals surface area contributed by atoms with Gasteiger partial charge in [-0.15, -0.1) is 0 Å². The van der Waals surface area contributed by atoms with Crippen LogP contribution in [0.3, 0.4) is 0 Å². The van der Waals surface area contributed by atoms with Crippen LogP contribution in [0.25, 0.3) is 0 Å². The van der Waals surface area contributed by atoms with Crippen LogP contribution in [0.2, 0.25) is 5.02 Å². The van der Waals surface area contributed by atoms with Gasteiger partial charge in [0, 0.05) is 25.2 Å². The second-order valence-electron chi connectivity index (χ2n) is 4.67. The lowest BCUT2D eigenvalue weighted by Crippen LogP contribution is -2.26. The molecule has 0 amide bonds. The molecule has 0 aliphatic heterocycles. The fourth-order valence-corrected chi connectivity index (χ4v) is 2.00. The van der Waals surface area contributed by atoms with Gasteiger partial charge in [0.25, 0.3) is 0 Å². The zero-order valence-electron chi connectivity index (χ0n) is 10.9. The average molecular weight is 270 g/mol. The molecule has 5 heteroatoms. The summed E-state index contributed by atoms with van der Waals surface area (Å²) in [5, 5.41) is 3.71. The number of rotatable bonds is 7. The molecule has 0 aromatic carbocycles. The number of nitrogens with zero attached hydrogens (tertiary/aromatic N) is 2. The molecule has 0 unspecified atom stereocenters. The zero-order chi connectivity index (χ0) is 13.0. The summed E-state index contributed by atoms with van der Waals surface area (Å²) >= 11 is 6.04. The molecule has 1 aliphatic rings. The van der Waals surface area contributed by atoms with Crippen molar-refractivity contribution in [3.05, 3.63) is 22.8 Å². The summed E-state index contributed by atoms with van der Waals surface area (Å²) in [6.45, 7) is 2.26. The van der Waals surface area contributed by atoms with Crippen molar-refractivity contribution >= 4 is 11.6 Å². The van der Waals surface area contributed by atoms with Crippen LogP contribution >= 0.6 is 11.6 Å². The van der Waals surface area contributed by atoms with Gasteiger partial charge < -0.3 is 15.0 Å². The molecule has 0 spiro atoms. The average Bonchev–Trinajstić information content (AvgIpc) is 3.17. The maximum Gasteiger partial charge on any atom is 0.213 e. The molecule has 1 fully saturated rings. The molecule has 18 heavy (non-hydrogen) atoms. The summed E-state index contributed by atoms with van der Waals surface area (Å²) in [5.74, 6) is 0.647. The summed E-state index contributed by atoms with van der Waals surface area (Å²) in [7, 11) is 4.01. The third kappa shape index (κ3) is 3.83.